The van der Waals surface area contributed by atoms with Gasteiger partial charge < -0.3 is 19.3 Å². The highest BCUT2D eigenvalue weighted by molar-refractivity contribution is 5.88. The molecule has 6 heteroatoms. The summed E-state index contributed by atoms with van der Waals surface area (Å²) < 4.78 is 14.1. The van der Waals surface area contributed by atoms with E-state index in [0.717, 1.165) is 6.26 Å². The van der Waals surface area contributed by atoms with Crippen LogP contribution in [0.5, 0.6) is 11.5 Å². The molecule has 0 aliphatic heterocycles. The van der Waals surface area contributed by atoms with Crippen molar-refractivity contribution in [3.8, 4) is 11.5 Å². The van der Waals surface area contributed by atoms with Gasteiger partial charge in [-0.1, -0.05) is 6.58 Å². The van der Waals surface area contributed by atoms with E-state index in [-0.39, 0.29) is 11.5 Å². The largest absolute Gasteiger partial charge is 0.493 e. The smallest absolute Gasteiger partial charge is 0.335 e. The molecule has 0 amide bonds. The van der Waals surface area contributed by atoms with Crippen LogP contribution in [0.25, 0.3) is 0 Å². The second-order valence-electron chi connectivity index (χ2n) is 3.15. The minimum Gasteiger partial charge on any atom is -0.493 e. The molecule has 0 heterocycles. The SMILES string of the molecule is C=COC(C)=O.COc1ccc(C(=O)O)cc1OC. The van der Waals surface area contributed by atoms with Gasteiger partial charge in [-0.3, -0.25) is 4.79 Å². The van der Waals surface area contributed by atoms with Crippen LogP contribution in [0.2, 0.25) is 0 Å². The highest BCUT2D eigenvalue weighted by Gasteiger charge is 2.08. The van der Waals surface area contributed by atoms with Crippen LogP contribution >= 0.6 is 0 Å². The van der Waals surface area contributed by atoms with E-state index >= 15 is 0 Å². The summed E-state index contributed by atoms with van der Waals surface area (Å²) in [4.78, 5) is 20.3. The van der Waals surface area contributed by atoms with Crippen LogP contribution in [0.3, 0.4) is 0 Å². The zero-order chi connectivity index (χ0) is 14.8. The number of aromatic carboxylic acids is 1. The second kappa shape index (κ2) is 8.57. The molecule has 6 nitrogen and oxygen atoms in total. The molecule has 19 heavy (non-hydrogen) atoms. The molecule has 0 saturated heterocycles. The number of esters is 1. The number of rotatable bonds is 4. The summed E-state index contributed by atoms with van der Waals surface area (Å²) in [5.74, 6) is -0.374. The van der Waals surface area contributed by atoms with Gasteiger partial charge in [0.25, 0.3) is 0 Å². The highest BCUT2D eigenvalue weighted by atomic mass is 16.5. The van der Waals surface area contributed by atoms with Crippen molar-refractivity contribution >= 4 is 11.9 Å². The summed E-state index contributed by atoms with van der Waals surface area (Å²) in [6, 6.07) is 4.44. The fourth-order valence-corrected chi connectivity index (χ4v) is 1.09. The van der Waals surface area contributed by atoms with E-state index in [1.807, 2.05) is 0 Å². The predicted molar refractivity (Wildman–Crippen MR) is 68.5 cm³/mol. The van der Waals surface area contributed by atoms with Gasteiger partial charge in [0.05, 0.1) is 26.0 Å². The molecular weight excluding hydrogens is 252 g/mol. The Morgan fingerprint density at radius 2 is 1.79 bits per heavy atom. The van der Waals surface area contributed by atoms with E-state index in [4.69, 9.17) is 14.6 Å². The fraction of sp³-hybridized carbons (Fsp3) is 0.231. The normalized spacial score (nSPS) is 8.58. The number of hydrogen-bond donors (Lipinski definition) is 1. The minimum absolute atomic E-state index is 0.178. The quantitative estimate of drug-likeness (QED) is 0.665. The van der Waals surface area contributed by atoms with Crippen LogP contribution in [0.1, 0.15) is 17.3 Å². The summed E-state index contributed by atoms with van der Waals surface area (Å²) in [5.41, 5.74) is 0.178. The van der Waals surface area contributed by atoms with Gasteiger partial charge in [-0.15, -0.1) is 0 Å². The van der Waals surface area contributed by atoms with Crippen molar-refractivity contribution in [2.24, 2.45) is 0 Å². The van der Waals surface area contributed by atoms with Crippen LogP contribution in [-0.4, -0.2) is 31.3 Å². The molecule has 104 valence electrons. The third kappa shape index (κ3) is 6.11. The first-order chi connectivity index (χ1) is 8.96. The Morgan fingerprint density at radius 1 is 1.21 bits per heavy atom. The maximum absolute atomic E-state index is 10.6. The van der Waals surface area contributed by atoms with Crippen molar-refractivity contribution in [3.63, 3.8) is 0 Å². The van der Waals surface area contributed by atoms with E-state index in [1.165, 1.54) is 33.3 Å². The molecular formula is C13H16O6. The van der Waals surface area contributed by atoms with Crippen LogP contribution in [-0.2, 0) is 9.53 Å². The predicted octanol–water partition coefficient (Wildman–Crippen LogP) is 2.09. The van der Waals surface area contributed by atoms with Crippen LogP contribution < -0.4 is 9.47 Å². The van der Waals surface area contributed by atoms with Crippen molar-refractivity contribution in [2.45, 2.75) is 6.92 Å². The molecule has 0 aromatic heterocycles. The molecule has 0 radical (unpaired) electrons. The molecule has 1 aromatic rings. The average Bonchev–Trinajstić information content (AvgIpc) is 2.38. The third-order valence-corrected chi connectivity index (χ3v) is 1.88. The first-order valence-electron chi connectivity index (χ1n) is 5.19. The van der Waals surface area contributed by atoms with Gasteiger partial charge in [0, 0.05) is 6.92 Å². The lowest BCUT2D eigenvalue weighted by atomic mass is 10.2. The number of hydrogen-bond acceptors (Lipinski definition) is 5. The van der Waals surface area contributed by atoms with E-state index in [2.05, 4.69) is 11.3 Å². The molecule has 0 aliphatic rings. The highest BCUT2D eigenvalue weighted by Crippen LogP contribution is 2.27. The number of methoxy groups -OCH3 is 2. The Morgan fingerprint density at radius 3 is 2.11 bits per heavy atom. The Hall–Kier alpha value is -2.50. The van der Waals surface area contributed by atoms with E-state index < -0.39 is 5.97 Å². The number of carboxylic acids is 1. The number of ether oxygens (including phenoxy) is 3. The van der Waals surface area contributed by atoms with E-state index in [9.17, 15) is 9.59 Å². The molecule has 0 bridgehead atoms. The third-order valence-electron chi connectivity index (χ3n) is 1.88. The van der Waals surface area contributed by atoms with E-state index in [1.54, 1.807) is 6.07 Å². The summed E-state index contributed by atoms with van der Waals surface area (Å²) >= 11 is 0. The maximum Gasteiger partial charge on any atom is 0.335 e. The molecule has 0 spiro atoms. The molecule has 1 aromatic carbocycles. The van der Waals surface area contributed by atoms with E-state index in [0.29, 0.717) is 11.5 Å². The minimum atomic E-state index is -0.985. The van der Waals surface area contributed by atoms with Crippen LogP contribution in [0.15, 0.2) is 31.0 Å². The van der Waals surface area contributed by atoms with Gasteiger partial charge in [-0.25, -0.2) is 4.79 Å². The Balaban J connectivity index is 0.000000459. The van der Waals surface area contributed by atoms with Crippen molar-refractivity contribution in [1.82, 2.24) is 0 Å². The number of carboxylic acid groups (broad SMARTS) is 1. The lowest BCUT2D eigenvalue weighted by Gasteiger charge is -2.07. The topological polar surface area (TPSA) is 82.1 Å². The first-order valence-corrected chi connectivity index (χ1v) is 5.19. The van der Waals surface area contributed by atoms with Crippen LogP contribution in [0.4, 0.5) is 0 Å². The second-order valence-corrected chi connectivity index (χ2v) is 3.15. The summed E-state index contributed by atoms with van der Waals surface area (Å²) in [6.07, 6.45) is 1.10. The lowest BCUT2D eigenvalue weighted by Crippen LogP contribution is -1.98. The first kappa shape index (κ1) is 16.5. The molecule has 0 fully saturated rings. The average molecular weight is 268 g/mol. The molecule has 1 N–H and O–H groups in total. The Kier molecular flexibility index (Phi) is 7.44. The van der Waals surface area contributed by atoms with Crippen molar-refractivity contribution in [1.29, 1.82) is 0 Å². The van der Waals surface area contributed by atoms with Crippen molar-refractivity contribution < 1.29 is 28.9 Å². The fourth-order valence-electron chi connectivity index (χ4n) is 1.09. The van der Waals surface area contributed by atoms with Gasteiger partial charge >= 0.3 is 11.9 Å². The summed E-state index contributed by atoms with van der Waals surface area (Å²) in [6.45, 7) is 4.48. The Bertz CT molecular complexity index is 452. The van der Waals surface area contributed by atoms with Gasteiger partial charge in [0.2, 0.25) is 0 Å². The van der Waals surface area contributed by atoms with Crippen LogP contribution in [0, 0.1) is 0 Å². The van der Waals surface area contributed by atoms with Gasteiger partial charge in [0.1, 0.15) is 0 Å². The summed E-state index contributed by atoms with van der Waals surface area (Å²) in [5, 5.41) is 8.67. The molecule has 0 aliphatic carbocycles. The number of carbonyl (C=O) groups excluding carboxylic acids is 1. The lowest BCUT2D eigenvalue weighted by molar-refractivity contribution is -0.135. The van der Waals surface area contributed by atoms with Crippen molar-refractivity contribution in [3.05, 3.63) is 36.6 Å². The van der Waals surface area contributed by atoms with Gasteiger partial charge in [-0.2, -0.15) is 0 Å². The zero-order valence-electron chi connectivity index (χ0n) is 11.0. The Labute approximate surface area is 111 Å². The maximum atomic E-state index is 10.6. The molecule has 1 rings (SSSR count). The van der Waals surface area contributed by atoms with Crippen molar-refractivity contribution in [2.75, 3.05) is 14.2 Å². The number of benzene rings is 1. The van der Waals surface area contributed by atoms with Gasteiger partial charge in [-0.05, 0) is 18.2 Å². The molecule has 0 atom stereocenters. The van der Waals surface area contributed by atoms with Gasteiger partial charge in [0.15, 0.2) is 11.5 Å². The zero-order valence-corrected chi connectivity index (χ0v) is 11.0. The standard InChI is InChI=1S/C9H10O4.C4H6O2/c1-12-7-4-3-6(9(10)11)5-8(7)13-2;1-3-6-4(2)5/h3-5H,1-2H3,(H,10,11);3H,1H2,2H3. The number of carbonyl (C=O) groups is 2. The summed E-state index contributed by atoms with van der Waals surface area (Å²) in [7, 11) is 2.96. The molecule has 0 saturated carbocycles. The monoisotopic (exact) mass is 268 g/mol. The molecule has 0 unspecified atom stereocenters.